The van der Waals surface area contributed by atoms with Crippen LogP contribution in [0.1, 0.15) is 0 Å². The van der Waals surface area contributed by atoms with Gasteiger partial charge in [0.1, 0.15) is 5.82 Å². The molecule has 1 nitrogen and oxygen atoms in total. The van der Waals surface area contributed by atoms with Crippen LogP contribution in [-0.4, -0.2) is 14.1 Å². The lowest BCUT2D eigenvalue weighted by Gasteiger charge is -2.14. The van der Waals surface area contributed by atoms with Crippen LogP contribution >= 0.6 is 0 Å². The van der Waals surface area contributed by atoms with Crippen molar-refractivity contribution < 1.29 is 26.3 Å². The molecule has 0 saturated carbocycles. The summed E-state index contributed by atoms with van der Waals surface area (Å²) in [5.74, 6) is -11.7. The van der Waals surface area contributed by atoms with E-state index in [-0.39, 0.29) is 0 Å². The van der Waals surface area contributed by atoms with Gasteiger partial charge in [0.05, 0.1) is 5.56 Å². The largest absolute Gasteiger partial charge is 0.378 e. The first kappa shape index (κ1) is 15.2. The van der Waals surface area contributed by atoms with E-state index in [1.165, 1.54) is 11.0 Å². The van der Waals surface area contributed by atoms with Gasteiger partial charge in [-0.1, -0.05) is 0 Å². The SMILES string of the molecule is CN(C)c1ccc(-c2c(F)c(F)c(F)c(F)c2F)c(F)c1. The van der Waals surface area contributed by atoms with E-state index in [2.05, 4.69) is 0 Å². The second-order valence-corrected chi connectivity index (χ2v) is 4.50. The van der Waals surface area contributed by atoms with E-state index in [9.17, 15) is 26.3 Å². The van der Waals surface area contributed by atoms with Gasteiger partial charge in [-0.25, -0.2) is 26.3 Å². The number of hydrogen-bond donors (Lipinski definition) is 0. The highest BCUT2D eigenvalue weighted by Gasteiger charge is 2.28. The lowest BCUT2D eigenvalue weighted by Crippen LogP contribution is -2.09. The molecule has 0 radical (unpaired) electrons. The summed E-state index contributed by atoms with van der Waals surface area (Å²) in [4.78, 5) is 1.52. The molecule has 0 atom stereocenters. The second kappa shape index (κ2) is 5.31. The standard InChI is InChI=1S/C14H9F6N/c1-21(2)6-3-4-7(8(15)5-6)9-10(16)12(18)14(20)13(19)11(9)17/h3-5H,1-2H3. The predicted molar refractivity (Wildman–Crippen MR) is 66.0 cm³/mol. The zero-order valence-electron chi connectivity index (χ0n) is 10.9. The summed E-state index contributed by atoms with van der Waals surface area (Å²) >= 11 is 0. The fourth-order valence-electron chi connectivity index (χ4n) is 1.83. The van der Waals surface area contributed by atoms with E-state index in [4.69, 9.17) is 0 Å². The maximum absolute atomic E-state index is 13.9. The van der Waals surface area contributed by atoms with E-state index >= 15 is 0 Å². The Morgan fingerprint density at radius 3 is 1.62 bits per heavy atom. The minimum absolute atomic E-state index is 0.375. The first-order chi connectivity index (χ1) is 9.75. The number of benzene rings is 2. The molecule has 112 valence electrons. The Labute approximate surface area is 116 Å². The Hall–Kier alpha value is -2.18. The highest BCUT2D eigenvalue weighted by molar-refractivity contribution is 5.68. The maximum Gasteiger partial charge on any atom is 0.200 e. The van der Waals surface area contributed by atoms with Crippen molar-refractivity contribution in [2.45, 2.75) is 0 Å². The van der Waals surface area contributed by atoms with Crippen molar-refractivity contribution >= 4 is 5.69 Å². The molecule has 0 bridgehead atoms. The van der Waals surface area contributed by atoms with Crippen molar-refractivity contribution in [1.82, 2.24) is 0 Å². The van der Waals surface area contributed by atoms with Crippen molar-refractivity contribution in [3.63, 3.8) is 0 Å². The average molecular weight is 305 g/mol. The maximum atomic E-state index is 13.9. The molecule has 21 heavy (non-hydrogen) atoms. The van der Waals surface area contributed by atoms with Gasteiger partial charge in [0.2, 0.25) is 5.82 Å². The molecule has 0 unspecified atom stereocenters. The van der Waals surface area contributed by atoms with Crippen LogP contribution in [0.4, 0.5) is 32.0 Å². The molecule has 0 aliphatic heterocycles. The molecule has 0 saturated heterocycles. The van der Waals surface area contributed by atoms with Gasteiger partial charge in [-0.15, -0.1) is 0 Å². The number of hydrogen-bond acceptors (Lipinski definition) is 1. The first-order valence-electron chi connectivity index (χ1n) is 5.74. The van der Waals surface area contributed by atoms with Crippen LogP contribution in [0, 0.1) is 34.9 Å². The highest BCUT2D eigenvalue weighted by atomic mass is 19.2. The summed E-state index contributed by atoms with van der Waals surface area (Å²) in [6, 6.07) is 3.20. The molecule has 0 spiro atoms. The summed E-state index contributed by atoms with van der Waals surface area (Å²) in [6.45, 7) is 0. The molecular formula is C14H9F6N. The summed E-state index contributed by atoms with van der Waals surface area (Å²) in [5.41, 5.74) is -1.61. The number of halogens is 6. The number of nitrogens with zero attached hydrogens (tertiary/aromatic N) is 1. The average Bonchev–Trinajstić information content (AvgIpc) is 2.44. The Balaban J connectivity index is 2.74. The third-order valence-electron chi connectivity index (χ3n) is 2.95. The van der Waals surface area contributed by atoms with E-state index in [1.807, 2.05) is 0 Å². The van der Waals surface area contributed by atoms with Crippen LogP contribution in [0.5, 0.6) is 0 Å². The van der Waals surface area contributed by atoms with Crippen LogP contribution in [0.2, 0.25) is 0 Å². The number of rotatable bonds is 2. The molecule has 2 aromatic carbocycles. The van der Waals surface area contributed by atoms with Crippen molar-refractivity contribution in [3.8, 4) is 11.1 Å². The minimum Gasteiger partial charge on any atom is -0.378 e. The predicted octanol–water partition coefficient (Wildman–Crippen LogP) is 4.25. The fourth-order valence-corrected chi connectivity index (χ4v) is 1.83. The second-order valence-electron chi connectivity index (χ2n) is 4.50. The normalized spacial score (nSPS) is 10.9. The molecule has 0 fully saturated rings. The molecule has 0 amide bonds. The van der Waals surface area contributed by atoms with Gasteiger partial charge in [0.15, 0.2) is 23.3 Å². The lowest BCUT2D eigenvalue weighted by atomic mass is 10.0. The summed E-state index contributed by atoms with van der Waals surface area (Å²) < 4.78 is 80.4. The van der Waals surface area contributed by atoms with Crippen LogP contribution in [0.3, 0.4) is 0 Å². The molecule has 0 aliphatic carbocycles. The van der Waals surface area contributed by atoms with Crippen LogP contribution < -0.4 is 4.90 Å². The van der Waals surface area contributed by atoms with E-state index < -0.39 is 46.0 Å². The third kappa shape index (κ3) is 2.43. The lowest BCUT2D eigenvalue weighted by molar-refractivity contribution is 0.381. The van der Waals surface area contributed by atoms with E-state index in [0.29, 0.717) is 5.69 Å². The Bertz CT molecular complexity index is 682. The molecule has 0 heterocycles. The molecule has 2 rings (SSSR count). The molecule has 0 aliphatic rings. The smallest absolute Gasteiger partial charge is 0.200 e. The number of anilines is 1. The topological polar surface area (TPSA) is 3.24 Å². The van der Waals surface area contributed by atoms with Crippen LogP contribution in [0.15, 0.2) is 18.2 Å². The summed E-state index contributed by atoms with van der Waals surface area (Å²) in [6.07, 6.45) is 0. The monoisotopic (exact) mass is 305 g/mol. The van der Waals surface area contributed by atoms with Crippen molar-refractivity contribution in [1.29, 1.82) is 0 Å². The Morgan fingerprint density at radius 2 is 1.19 bits per heavy atom. The molecule has 7 heteroatoms. The van der Waals surface area contributed by atoms with Crippen molar-refractivity contribution in [2.75, 3.05) is 19.0 Å². The van der Waals surface area contributed by atoms with Crippen LogP contribution in [0.25, 0.3) is 11.1 Å². The van der Waals surface area contributed by atoms with Gasteiger partial charge in [-0.2, -0.15) is 0 Å². The van der Waals surface area contributed by atoms with Crippen molar-refractivity contribution in [3.05, 3.63) is 53.1 Å². The van der Waals surface area contributed by atoms with Gasteiger partial charge in [0, 0.05) is 25.3 Å². The van der Waals surface area contributed by atoms with Gasteiger partial charge >= 0.3 is 0 Å². The van der Waals surface area contributed by atoms with E-state index in [0.717, 1.165) is 12.1 Å². The zero-order chi connectivity index (χ0) is 15.9. The summed E-state index contributed by atoms with van der Waals surface area (Å²) in [7, 11) is 3.21. The Morgan fingerprint density at radius 1 is 0.714 bits per heavy atom. The van der Waals surface area contributed by atoms with Gasteiger partial charge in [-0.05, 0) is 18.2 Å². The highest BCUT2D eigenvalue weighted by Crippen LogP contribution is 2.34. The molecule has 2 aromatic rings. The van der Waals surface area contributed by atoms with Gasteiger partial charge in [-0.3, -0.25) is 0 Å². The summed E-state index contributed by atoms with van der Waals surface area (Å²) in [5, 5.41) is 0. The van der Waals surface area contributed by atoms with Crippen LogP contribution in [-0.2, 0) is 0 Å². The first-order valence-corrected chi connectivity index (χ1v) is 5.74. The van der Waals surface area contributed by atoms with Gasteiger partial charge < -0.3 is 4.90 Å². The minimum atomic E-state index is -2.28. The third-order valence-corrected chi connectivity index (χ3v) is 2.95. The molecular weight excluding hydrogens is 296 g/mol. The van der Waals surface area contributed by atoms with Crippen molar-refractivity contribution in [2.24, 2.45) is 0 Å². The van der Waals surface area contributed by atoms with E-state index in [1.54, 1.807) is 14.1 Å². The Kier molecular flexibility index (Phi) is 3.85. The molecule has 0 N–H and O–H groups in total. The van der Waals surface area contributed by atoms with Gasteiger partial charge in [0.25, 0.3) is 0 Å². The quantitative estimate of drug-likeness (QED) is 0.455. The fraction of sp³-hybridized carbons (Fsp3) is 0.143. The molecule has 0 aromatic heterocycles. The zero-order valence-corrected chi connectivity index (χ0v) is 10.9.